The van der Waals surface area contributed by atoms with Gasteiger partial charge in [-0.05, 0) is 35.9 Å². The van der Waals surface area contributed by atoms with Gasteiger partial charge in [-0.15, -0.1) is 0 Å². The quantitative estimate of drug-likeness (QED) is 0.623. The number of halogens is 3. The smallest absolute Gasteiger partial charge is 0.258 e. The summed E-state index contributed by atoms with van der Waals surface area (Å²) < 4.78 is 0. The van der Waals surface area contributed by atoms with Gasteiger partial charge in [0.1, 0.15) is 0 Å². The number of Topliss-reactive ketones (excluding diaryl/α,β-unsaturated/α-hetero) is 1. The van der Waals surface area contributed by atoms with Crippen molar-refractivity contribution in [2.24, 2.45) is 0 Å². The van der Waals surface area contributed by atoms with Crippen LogP contribution in [0.15, 0.2) is 42.5 Å². The first-order valence-electron chi connectivity index (χ1n) is 6.03. The molecule has 1 N–H and O–H groups in total. The van der Waals surface area contributed by atoms with Gasteiger partial charge in [-0.1, -0.05) is 46.9 Å². The molecule has 0 saturated carbocycles. The van der Waals surface area contributed by atoms with Crippen LogP contribution in [0, 0.1) is 0 Å². The van der Waals surface area contributed by atoms with E-state index in [2.05, 4.69) is 5.32 Å². The number of ketones is 1. The topological polar surface area (TPSA) is 46.2 Å². The lowest BCUT2D eigenvalue weighted by atomic mass is 9.85. The van der Waals surface area contributed by atoms with E-state index in [4.69, 9.17) is 34.8 Å². The number of anilines is 1. The second-order valence-electron chi connectivity index (χ2n) is 4.64. The summed E-state index contributed by atoms with van der Waals surface area (Å²) in [5, 5.41) is 3.53. The number of fused-ring (bicyclic) bond motifs is 1. The van der Waals surface area contributed by atoms with Gasteiger partial charge in [0.05, 0.1) is 5.69 Å². The van der Waals surface area contributed by atoms with Gasteiger partial charge in [0.15, 0.2) is 5.78 Å². The molecular weight excluding hydrogens is 333 g/mol. The SMILES string of the molecule is O=C1Nc2ccc(Cl)cc2C(=O)C1(Cl)c1ccc(Cl)cc1. The third-order valence-corrected chi connectivity index (χ3v) is 4.39. The second kappa shape index (κ2) is 5.02. The fourth-order valence-electron chi connectivity index (χ4n) is 2.25. The zero-order valence-electron chi connectivity index (χ0n) is 10.5. The lowest BCUT2D eigenvalue weighted by Gasteiger charge is -2.30. The van der Waals surface area contributed by atoms with Gasteiger partial charge in [-0.3, -0.25) is 9.59 Å². The van der Waals surface area contributed by atoms with Crippen molar-refractivity contribution in [2.45, 2.75) is 4.87 Å². The lowest BCUT2D eigenvalue weighted by molar-refractivity contribution is -0.117. The molecule has 1 heterocycles. The van der Waals surface area contributed by atoms with Crippen molar-refractivity contribution in [1.29, 1.82) is 0 Å². The van der Waals surface area contributed by atoms with Crippen molar-refractivity contribution in [2.75, 3.05) is 5.32 Å². The predicted octanol–water partition coefficient (Wildman–Crippen LogP) is 4.26. The van der Waals surface area contributed by atoms with Crippen LogP contribution in [-0.2, 0) is 9.67 Å². The summed E-state index contributed by atoms with van der Waals surface area (Å²) in [6.45, 7) is 0. The van der Waals surface area contributed by atoms with E-state index in [9.17, 15) is 9.59 Å². The summed E-state index contributed by atoms with van der Waals surface area (Å²) >= 11 is 18.1. The van der Waals surface area contributed by atoms with Gasteiger partial charge < -0.3 is 5.32 Å². The van der Waals surface area contributed by atoms with Crippen molar-refractivity contribution in [3.05, 3.63) is 63.6 Å². The highest BCUT2D eigenvalue weighted by atomic mass is 35.5. The number of amides is 1. The summed E-state index contributed by atoms with van der Waals surface area (Å²) in [7, 11) is 0. The van der Waals surface area contributed by atoms with Gasteiger partial charge in [-0.25, -0.2) is 0 Å². The Labute approximate surface area is 135 Å². The molecule has 0 radical (unpaired) electrons. The van der Waals surface area contributed by atoms with Crippen LogP contribution >= 0.6 is 34.8 Å². The van der Waals surface area contributed by atoms with Gasteiger partial charge in [0, 0.05) is 15.6 Å². The Hall–Kier alpha value is -1.55. The van der Waals surface area contributed by atoms with Crippen molar-refractivity contribution >= 4 is 52.2 Å². The molecule has 2 aromatic rings. The molecule has 0 spiro atoms. The Bertz CT molecular complexity index is 758. The maximum Gasteiger partial charge on any atom is 0.258 e. The van der Waals surface area contributed by atoms with E-state index in [1.54, 1.807) is 36.4 Å². The third kappa shape index (κ3) is 2.22. The van der Waals surface area contributed by atoms with E-state index in [-0.39, 0.29) is 5.56 Å². The number of alkyl halides is 1. The minimum absolute atomic E-state index is 0.284. The third-order valence-electron chi connectivity index (χ3n) is 3.34. The molecule has 3 rings (SSSR count). The Morgan fingerprint density at radius 1 is 0.905 bits per heavy atom. The van der Waals surface area contributed by atoms with E-state index in [1.165, 1.54) is 6.07 Å². The van der Waals surface area contributed by atoms with E-state index in [0.29, 0.717) is 21.3 Å². The molecule has 3 nitrogen and oxygen atoms in total. The molecule has 1 aliphatic rings. The van der Waals surface area contributed by atoms with Gasteiger partial charge >= 0.3 is 0 Å². The molecule has 0 saturated heterocycles. The molecule has 6 heteroatoms. The standard InChI is InChI=1S/C15H8Cl3NO2/c16-9-3-1-8(2-4-9)15(18)13(20)11-7-10(17)5-6-12(11)19-14(15)21/h1-7H,(H,19,21). The van der Waals surface area contributed by atoms with E-state index >= 15 is 0 Å². The normalized spacial score (nSPS) is 20.9. The summed E-state index contributed by atoms with van der Waals surface area (Å²) in [4.78, 5) is 23.2. The molecule has 0 aliphatic carbocycles. The Morgan fingerprint density at radius 3 is 2.19 bits per heavy atom. The molecule has 1 atom stereocenters. The fraction of sp³-hybridized carbons (Fsp3) is 0.0667. The van der Waals surface area contributed by atoms with Gasteiger partial charge in [0.2, 0.25) is 4.87 Å². The zero-order chi connectivity index (χ0) is 15.2. The van der Waals surface area contributed by atoms with E-state index in [0.717, 1.165) is 0 Å². The molecular formula is C15H8Cl3NO2. The minimum Gasteiger partial charge on any atom is -0.323 e. The number of carbonyl (C=O) groups excluding carboxylic acids is 2. The van der Waals surface area contributed by atoms with Crippen LogP contribution in [0.5, 0.6) is 0 Å². The van der Waals surface area contributed by atoms with Crippen LogP contribution in [0.4, 0.5) is 5.69 Å². The maximum absolute atomic E-state index is 12.7. The summed E-state index contributed by atoms with van der Waals surface area (Å²) in [5.74, 6) is -1.10. The van der Waals surface area contributed by atoms with E-state index < -0.39 is 16.6 Å². The molecule has 1 unspecified atom stereocenters. The molecule has 0 bridgehead atoms. The van der Waals surface area contributed by atoms with Gasteiger partial charge in [-0.2, -0.15) is 0 Å². The predicted molar refractivity (Wildman–Crippen MR) is 83.4 cm³/mol. The minimum atomic E-state index is -1.82. The first-order chi connectivity index (χ1) is 9.92. The summed E-state index contributed by atoms with van der Waals surface area (Å²) in [5.41, 5.74) is 1.05. The molecule has 0 aromatic heterocycles. The highest BCUT2D eigenvalue weighted by Gasteiger charge is 2.50. The first kappa shape index (κ1) is 14.4. The number of benzene rings is 2. The molecule has 106 valence electrons. The number of carbonyl (C=O) groups is 2. The van der Waals surface area contributed by atoms with Crippen LogP contribution in [0.25, 0.3) is 0 Å². The van der Waals surface area contributed by atoms with E-state index in [1.807, 2.05) is 0 Å². The zero-order valence-corrected chi connectivity index (χ0v) is 12.8. The highest BCUT2D eigenvalue weighted by Crippen LogP contribution is 2.41. The monoisotopic (exact) mass is 339 g/mol. The number of nitrogens with one attached hydrogen (secondary N) is 1. The number of rotatable bonds is 1. The Balaban J connectivity index is 2.17. The fourth-order valence-corrected chi connectivity index (χ4v) is 2.83. The average Bonchev–Trinajstić information content (AvgIpc) is 2.47. The van der Waals surface area contributed by atoms with Crippen LogP contribution in [0.2, 0.25) is 10.0 Å². The van der Waals surface area contributed by atoms with Crippen molar-refractivity contribution in [3.63, 3.8) is 0 Å². The Kier molecular flexibility index (Phi) is 3.44. The molecule has 1 aliphatic heterocycles. The average molecular weight is 341 g/mol. The first-order valence-corrected chi connectivity index (χ1v) is 7.17. The summed E-state index contributed by atoms with van der Waals surface area (Å²) in [6, 6.07) is 10.9. The number of hydrogen-bond acceptors (Lipinski definition) is 2. The lowest BCUT2D eigenvalue weighted by Crippen LogP contribution is -2.46. The van der Waals surface area contributed by atoms with Crippen molar-refractivity contribution in [1.82, 2.24) is 0 Å². The van der Waals surface area contributed by atoms with Crippen molar-refractivity contribution in [3.8, 4) is 0 Å². The summed E-state index contributed by atoms with van der Waals surface area (Å²) in [6.07, 6.45) is 0. The second-order valence-corrected chi connectivity index (χ2v) is 6.08. The number of hydrogen-bond donors (Lipinski definition) is 1. The van der Waals surface area contributed by atoms with Crippen LogP contribution < -0.4 is 5.32 Å². The highest BCUT2D eigenvalue weighted by molar-refractivity contribution is 6.51. The van der Waals surface area contributed by atoms with Gasteiger partial charge in [0.25, 0.3) is 5.91 Å². The maximum atomic E-state index is 12.7. The van der Waals surface area contributed by atoms with Crippen LogP contribution in [0.1, 0.15) is 15.9 Å². The molecule has 21 heavy (non-hydrogen) atoms. The Morgan fingerprint density at radius 2 is 1.52 bits per heavy atom. The van der Waals surface area contributed by atoms with Crippen LogP contribution in [0.3, 0.4) is 0 Å². The largest absolute Gasteiger partial charge is 0.323 e. The van der Waals surface area contributed by atoms with Crippen molar-refractivity contribution < 1.29 is 9.59 Å². The molecule has 2 aromatic carbocycles. The molecule has 1 amide bonds. The molecule has 0 fully saturated rings. The van der Waals surface area contributed by atoms with Crippen LogP contribution in [-0.4, -0.2) is 11.7 Å².